The van der Waals surface area contributed by atoms with Crippen molar-refractivity contribution in [2.75, 3.05) is 0 Å². The van der Waals surface area contributed by atoms with Gasteiger partial charge >= 0.3 is 0 Å². The largest absolute Gasteiger partial charge is 0.271 e. The van der Waals surface area contributed by atoms with E-state index >= 15 is 0 Å². The van der Waals surface area contributed by atoms with E-state index in [9.17, 15) is 4.79 Å². The molecule has 0 aliphatic rings. The van der Waals surface area contributed by atoms with Gasteiger partial charge in [0.15, 0.2) is 0 Å². The molecule has 0 saturated heterocycles. The average molecular weight is 347 g/mol. The Bertz CT molecular complexity index is 834. The molecule has 0 aliphatic carbocycles. The van der Waals surface area contributed by atoms with Crippen molar-refractivity contribution in [3.8, 4) is 0 Å². The summed E-state index contributed by atoms with van der Waals surface area (Å²) in [6.07, 6.45) is 4.93. The number of carbonyl (C=O) groups is 1. The predicted octanol–water partition coefficient (Wildman–Crippen LogP) is 4.14. The zero-order valence-corrected chi connectivity index (χ0v) is 14.3. The molecule has 0 atom stereocenters. The zero-order chi connectivity index (χ0) is 17.3. The molecule has 1 heterocycles. The number of thioether (sulfide) groups is 1. The third-order valence-electron chi connectivity index (χ3n) is 3.43. The van der Waals surface area contributed by atoms with Crippen molar-refractivity contribution in [3.05, 3.63) is 95.8 Å². The first-order valence-corrected chi connectivity index (χ1v) is 8.80. The second kappa shape index (κ2) is 8.80. The number of hydrogen-bond donors (Lipinski definition) is 1. The molecule has 4 nitrogen and oxygen atoms in total. The second-order valence-electron chi connectivity index (χ2n) is 5.28. The lowest BCUT2D eigenvalue weighted by Crippen LogP contribution is -2.17. The third-order valence-corrected chi connectivity index (χ3v) is 4.51. The number of pyridine rings is 1. The van der Waals surface area contributed by atoms with Crippen LogP contribution in [0.1, 0.15) is 21.5 Å². The number of benzene rings is 2. The van der Waals surface area contributed by atoms with Crippen LogP contribution in [-0.2, 0) is 5.75 Å². The normalized spacial score (nSPS) is 10.7. The molecular weight excluding hydrogens is 330 g/mol. The maximum absolute atomic E-state index is 12.1. The van der Waals surface area contributed by atoms with E-state index in [1.54, 1.807) is 30.4 Å². The average Bonchev–Trinajstić information content (AvgIpc) is 2.68. The molecular formula is C20H17N3OS. The highest BCUT2D eigenvalue weighted by molar-refractivity contribution is 7.98. The lowest BCUT2D eigenvalue weighted by Gasteiger charge is -2.04. The minimum atomic E-state index is -0.234. The Morgan fingerprint density at radius 3 is 2.56 bits per heavy atom. The summed E-state index contributed by atoms with van der Waals surface area (Å²) >= 11 is 1.77. The topological polar surface area (TPSA) is 54.4 Å². The van der Waals surface area contributed by atoms with Crippen LogP contribution in [0.2, 0.25) is 0 Å². The monoisotopic (exact) mass is 347 g/mol. The van der Waals surface area contributed by atoms with Gasteiger partial charge in [-0.2, -0.15) is 5.10 Å². The first-order chi connectivity index (χ1) is 12.3. The molecule has 1 amide bonds. The number of hydrazone groups is 1. The van der Waals surface area contributed by atoms with Crippen molar-refractivity contribution in [2.45, 2.75) is 10.6 Å². The molecule has 25 heavy (non-hydrogen) atoms. The SMILES string of the molecule is O=C(N/N=C/c1cccnc1)c1ccc(CSc2ccccc2)cc1. The van der Waals surface area contributed by atoms with Crippen LogP contribution >= 0.6 is 11.8 Å². The Kier molecular flexibility index (Phi) is 5.96. The van der Waals surface area contributed by atoms with Crippen molar-refractivity contribution in [3.63, 3.8) is 0 Å². The van der Waals surface area contributed by atoms with Gasteiger partial charge in [0, 0.05) is 34.2 Å². The summed E-state index contributed by atoms with van der Waals surface area (Å²) in [6, 6.07) is 21.5. The maximum atomic E-state index is 12.1. The molecule has 1 aromatic heterocycles. The van der Waals surface area contributed by atoms with Gasteiger partial charge in [0.2, 0.25) is 0 Å². The highest BCUT2D eigenvalue weighted by Crippen LogP contribution is 2.22. The Balaban J connectivity index is 1.52. The predicted molar refractivity (Wildman–Crippen MR) is 102 cm³/mol. The van der Waals surface area contributed by atoms with Gasteiger partial charge in [-0.05, 0) is 35.9 Å². The maximum Gasteiger partial charge on any atom is 0.271 e. The second-order valence-corrected chi connectivity index (χ2v) is 6.33. The lowest BCUT2D eigenvalue weighted by molar-refractivity contribution is 0.0955. The van der Waals surface area contributed by atoms with Gasteiger partial charge < -0.3 is 0 Å². The number of aromatic nitrogens is 1. The van der Waals surface area contributed by atoms with E-state index in [1.807, 2.05) is 54.6 Å². The Labute approximate surface area is 151 Å². The van der Waals surface area contributed by atoms with Gasteiger partial charge in [-0.3, -0.25) is 9.78 Å². The van der Waals surface area contributed by atoms with Gasteiger partial charge in [0.1, 0.15) is 0 Å². The first kappa shape index (κ1) is 16.9. The van der Waals surface area contributed by atoms with Gasteiger partial charge in [-0.25, -0.2) is 5.43 Å². The molecule has 0 unspecified atom stereocenters. The molecule has 3 rings (SSSR count). The number of nitrogens with zero attached hydrogens (tertiary/aromatic N) is 2. The Hall–Kier alpha value is -2.92. The summed E-state index contributed by atoms with van der Waals surface area (Å²) in [4.78, 5) is 17.3. The van der Waals surface area contributed by atoms with E-state index in [0.29, 0.717) is 5.56 Å². The van der Waals surface area contributed by atoms with Crippen molar-refractivity contribution >= 4 is 23.9 Å². The zero-order valence-electron chi connectivity index (χ0n) is 13.5. The minimum absolute atomic E-state index is 0.234. The first-order valence-electron chi connectivity index (χ1n) is 7.81. The summed E-state index contributed by atoms with van der Waals surface area (Å²) in [5, 5.41) is 3.95. The van der Waals surface area contributed by atoms with Crippen LogP contribution in [0.4, 0.5) is 0 Å². The van der Waals surface area contributed by atoms with E-state index in [0.717, 1.165) is 11.3 Å². The number of hydrogen-bond acceptors (Lipinski definition) is 4. The fraction of sp³-hybridized carbons (Fsp3) is 0.0500. The minimum Gasteiger partial charge on any atom is -0.267 e. The van der Waals surface area contributed by atoms with Crippen LogP contribution in [-0.4, -0.2) is 17.1 Å². The number of rotatable bonds is 6. The molecule has 0 spiro atoms. The molecule has 5 heteroatoms. The molecule has 0 aliphatic heterocycles. The Morgan fingerprint density at radius 2 is 1.84 bits per heavy atom. The molecule has 3 aromatic rings. The van der Waals surface area contributed by atoms with Crippen molar-refractivity contribution in [1.82, 2.24) is 10.4 Å². The summed E-state index contributed by atoms with van der Waals surface area (Å²) in [7, 11) is 0. The van der Waals surface area contributed by atoms with Gasteiger partial charge in [-0.1, -0.05) is 36.4 Å². The summed E-state index contributed by atoms with van der Waals surface area (Å²) < 4.78 is 0. The van der Waals surface area contributed by atoms with Crippen LogP contribution in [0, 0.1) is 0 Å². The van der Waals surface area contributed by atoms with Crippen molar-refractivity contribution in [1.29, 1.82) is 0 Å². The van der Waals surface area contributed by atoms with Crippen LogP contribution in [0.25, 0.3) is 0 Å². The number of nitrogens with one attached hydrogen (secondary N) is 1. The van der Waals surface area contributed by atoms with E-state index in [2.05, 4.69) is 27.6 Å². The van der Waals surface area contributed by atoms with E-state index in [4.69, 9.17) is 0 Å². The standard InChI is InChI=1S/C20H17N3OS/c24-20(23-22-14-17-5-4-12-21-13-17)18-10-8-16(9-11-18)15-25-19-6-2-1-3-7-19/h1-14H,15H2,(H,23,24)/b22-14+. The number of amides is 1. The molecule has 1 N–H and O–H groups in total. The van der Waals surface area contributed by atoms with Gasteiger partial charge in [-0.15, -0.1) is 11.8 Å². The van der Waals surface area contributed by atoms with E-state index in [1.165, 1.54) is 10.5 Å². The third kappa shape index (κ3) is 5.29. The van der Waals surface area contributed by atoms with Crippen LogP contribution in [0.5, 0.6) is 0 Å². The summed E-state index contributed by atoms with van der Waals surface area (Å²) in [5.41, 5.74) is 5.10. The van der Waals surface area contributed by atoms with Crippen molar-refractivity contribution < 1.29 is 4.79 Å². The van der Waals surface area contributed by atoms with Gasteiger partial charge in [0.25, 0.3) is 5.91 Å². The van der Waals surface area contributed by atoms with Gasteiger partial charge in [0.05, 0.1) is 6.21 Å². The molecule has 0 saturated carbocycles. The smallest absolute Gasteiger partial charge is 0.267 e. The molecule has 2 aromatic carbocycles. The fourth-order valence-corrected chi connectivity index (χ4v) is 2.99. The van der Waals surface area contributed by atoms with E-state index < -0.39 is 0 Å². The van der Waals surface area contributed by atoms with E-state index in [-0.39, 0.29) is 5.91 Å². The van der Waals surface area contributed by atoms with Crippen LogP contribution < -0.4 is 5.43 Å². The number of carbonyl (C=O) groups excluding carboxylic acids is 1. The molecule has 124 valence electrons. The molecule has 0 fully saturated rings. The molecule has 0 radical (unpaired) electrons. The van der Waals surface area contributed by atoms with Crippen LogP contribution in [0.3, 0.4) is 0 Å². The lowest BCUT2D eigenvalue weighted by atomic mass is 10.1. The van der Waals surface area contributed by atoms with Crippen LogP contribution in [0.15, 0.2) is 89.1 Å². The molecule has 0 bridgehead atoms. The fourth-order valence-electron chi connectivity index (χ4n) is 2.12. The summed E-state index contributed by atoms with van der Waals surface area (Å²) in [5.74, 6) is 0.632. The quantitative estimate of drug-likeness (QED) is 0.414. The summed E-state index contributed by atoms with van der Waals surface area (Å²) in [6.45, 7) is 0. The highest BCUT2D eigenvalue weighted by Gasteiger charge is 2.04. The highest BCUT2D eigenvalue weighted by atomic mass is 32.2. The van der Waals surface area contributed by atoms with Crippen molar-refractivity contribution in [2.24, 2.45) is 5.10 Å². The Morgan fingerprint density at radius 1 is 1.04 bits per heavy atom.